The zero-order valence-corrected chi connectivity index (χ0v) is 14.3. The Bertz CT molecular complexity index is 465. The molecule has 2 heterocycles. The van der Waals surface area contributed by atoms with Crippen molar-refractivity contribution >= 4 is 12.1 Å². The summed E-state index contributed by atoms with van der Waals surface area (Å²) in [6.45, 7) is 2.48. The lowest BCUT2D eigenvalue weighted by Crippen LogP contribution is -2.56. The van der Waals surface area contributed by atoms with Crippen LogP contribution in [-0.4, -0.2) is 87.6 Å². The molecule has 0 aromatic carbocycles. The van der Waals surface area contributed by atoms with Gasteiger partial charge in [0.25, 0.3) is 0 Å². The van der Waals surface area contributed by atoms with E-state index in [0.717, 1.165) is 0 Å². The lowest BCUT2D eigenvalue weighted by atomic mass is 9.93. The molecule has 0 spiro atoms. The topological polar surface area (TPSA) is 137 Å². The van der Waals surface area contributed by atoms with Crippen LogP contribution in [0.25, 0.3) is 0 Å². The summed E-state index contributed by atoms with van der Waals surface area (Å²) in [6, 6.07) is 0. The van der Waals surface area contributed by atoms with Crippen LogP contribution in [0.1, 0.15) is 32.6 Å². The fourth-order valence-corrected chi connectivity index (χ4v) is 3.22. The molecule has 0 radical (unpaired) electrons. The number of carboxylic acids is 1. The third kappa shape index (κ3) is 5.04. The summed E-state index contributed by atoms with van der Waals surface area (Å²) in [5.41, 5.74) is 0. The van der Waals surface area contributed by atoms with Crippen LogP contribution in [0.15, 0.2) is 0 Å². The van der Waals surface area contributed by atoms with Gasteiger partial charge in [-0.15, -0.1) is 0 Å². The highest BCUT2D eigenvalue weighted by Gasteiger charge is 2.41. The highest BCUT2D eigenvalue weighted by molar-refractivity contribution is 5.71. The van der Waals surface area contributed by atoms with Crippen LogP contribution in [-0.2, 0) is 14.3 Å². The Kier molecular flexibility index (Phi) is 7.00. The maximum Gasteiger partial charge on any atom is 0.409 e. The molecule has 2 saturated heterocycles. The molecule has 0 aliphatic carbocycles. The maximum atomic E-state index is 11.9. The molecule has 2 fully saturated rings. The predicted octanol–water partition coefficient (Wildman–Crippen LogP) is -0.430. The third-order valence-corrected chi connectivity index (χ3v) is 4.91. The summed E-state index contributed by atoms with van der Waals surface area (Å²) in [7, 11) is 0. The normalized spacial score (nSPS) is 33.9. The number of likely N-dealkylation sites (tertiary alicyclic amines) is 1. The molecule has 5 atom stereocenters. The molecule has 25 heavy (non-hydrogen) atoms. The number of aliphatic hydroxyl groups is 3. The van der Waals surface area contributed by atoms with Crippen molar-refractivity contribution in [1.29, 1.82) is 0 Å². The first kappa shape index (κ1) is 19.9. The molecule has 144 valence electrons. The second-order valence-electron chi connectivity index (χ2n) is 6.71. The lowest BCUT2D eigenvalue weighted by Gasteiger charge is -2.39. The minimum Gasteiger partial charge on any atom is -0.481 e. The summed E-state index contributed by atoms with van der Waals surface area (Å²) in [4.78, 5) is 24.3. The average molecular weight is 361 g/mol. The quantitative estimate of drug-likeness (QED) is 0.484. The predicted molar refractivity (Wildman–Crippen MR) is 84.9 cm³/mol. The van der Waals surface area contributed by atoms with Crippen LogP contribution in [0.3, 0.4) is 0 Å². The first-order chi connectivity index (χ1) is 11.8. The van der Waals surface area contributed by atoms with Gasteiger partial charge >= 0.3 is 12.1 Å². The molecule has 1 amide bonds. The zero-order valence-electron chi connectivity index (χ0n) is 14.3. The van der Waals surface area contributed by atoms with Crippen LogP contribution >= 0.6 is 0 Å². The summed E-state index contributed by atoms with van der Waals surface area (Å²) < 4.78 is 10.6. The maximum absolute atomic E-state index is 11.9. The Hall–Kier alpha value is -1.42. The van der Waals surface area contributed by atoms with E-state index in [1.807, 2.05) is 0 Å². The van der Waals surface area contributed by atoms with Gasteiger partial charge in [-0.1, -0.05) is 0 Å². The van der Waals surface area contributed by atoms with Gasteiger partial charge in [0.1, 0.15) is 18.3 Å². The molecule has 0 bridgehead atoms. The van der Waals surface area contributed by atoms with E-state index in [1.165, 1.54) is 4.90 Å². The van der Waals surface area contributed by atoms with E-state index >= 15 is 0 Å². The number of amides is 1. The molecule has 2 aliphatic heterocycles. The van der Waals surface area contributed by atoms with Crippen molar-refractivity contribution in [3.8, 4) is 0 Å². The minimum atomic E-state index is -1.26. The summed E-state index contributed by atoms with van der Waals surface area (Å²) >= 11 is 0. The van der Waals surface area contributed by atoms with Gasteiger partial charge in [0, 0.05) is 13.1 Å². The van der Waals surface area contributed by atoms with Gasteiger partial charge < -0.3 is 34.8 Å². The summed E-state index contributed by atoms with van der Waals surface area (Å²) in [5.74, 6) is -1.24. The molecule has 2 aliphatic rings. The Balaban J connectivity index is 1.66. The minimum absolute atomic E-state index is 0.136. The smallest absolute Gasteiger partial charge is 0.409 e. The number of hydrogen-bond donors (Lipinski definition) is 4. The number of carbonyl (C=O) groups is 2. The molecule has 9 heteroatoms. The number of nitrogens with zero attached hydrogens (tertiary/aromatic N) is 1. The zero-order chi connectivity index (χ0) is 18.6. The van der Waals surface area contributed by atoms with Crippen molar-refractivity contribution in [2.75, 3.05) is 19.7 Å². The molecule has 0 aromatic rings. The van der Waals surface area contributed by atoms with Crippen molar-refractivity contribution in [2.24, 2.45) is 5.92 Å². The Labute approximate surface area is 146 Å². The summed E-state index contributed by atoms with van der Waals surface area (Å²) in [6.07, 6.45) is -3.59. The van der Waals surface area contributed by atoms with Gasteiger partial charge in [0.15, 0.2) is 0 Å². The molecule has 9 nitrogen and oxygen atoms in total. The number of piperidine rings is 1. The SMILES string of the molecule is CC1O[C@@H](CCCOC(=O)N2CCC(C(=O)O)CC2)C(O)C(O)C1O. The largest absolute Gasteiger partial charge is 0.481 e. The van der Waals surface area contributed by atoms with Crippen LogP contribution in [0.5, 0.6) is 0 Å². The van der Waals surface area contributed by atoms with Gasteiger partial charge in [0.05, 0.1) is 24.7 Å². The van der Waals surface area contributed by atoms with E-state index in [9.17, 15) is 24.9 Å². The highest BCUT2D eigenvalue weighted by atomic mass is 16.6. The van der Waals surface area contributed by atoms with Crippen LogP contribution in [0.2, 0.25) is 0 Å². The van der Waals surface area contributed by atoms with Crippen molar-refractivity contribution in [3.05, 3.63) is 0 Å². The second-order valence-corrected chi connectivity index (χ2v) is 6.71. The second kappa shape index (κ2) is 8.79. The first-order valence-corrected chi connectivity index (χ1v) is 8.65. The fourth-order valence-electron chi connectivity index (χ4n) is 3.22. The van der Waals surface area contributed by atoms with Gasteiger partial charge in [-0.25, -0.2) is 4.79 Å². The number of carboxylic acid groups (broad SMARTS) is 1. The fraction of sp³-hybridized carbons (Fsp3) is 0.875. The molecule has 0 saturated carbocycles. The van der Waals surface area contributed by atoms with Gasteiger partial charge in [-0.3, -0.25) is 4.79 Å². The van der Waals surface area contributed by atoms with E-state index in [0.29, 0.717) is 38.8 Å². The Morgan fingerprint density at radius 1 is 1.12 bits per heavy atom. The number of hydrogen-bond acceptors (Lipinski definition) is 7. The van der Waals surface area contributed by atoms with E-state index in [1.54, 1.807) is 6.92 Å². The number of ether oxygens (including phenoxy) is 2. The van der Waals surface area contributed by atoms with E-state index in [2.05, 4.69) is 0 Å². The van der Waals surface area contributed by atoms with Crippen molar-refractivity contribution in [2.45, 2.75) is 63.1 Å². The Morgan fingerprint density at radius 3 is 2.36 bits per heavy atom. The molecule has 4 unspecified atom stereocenters. The first-order valence-electron chi connectivity index (χ1n) is 8.65. The van der Waals surface area contributed by atoms with Gasteiger partial charge in [0.2, 0.25) is 0 Å². The van der Waals surface area contributed by atoms with Crippen LogP contribution in [0.4, 0.5) is 4.79 Å². The molecule has 2 rings (SSSR count). The van der Waals surface area contributed by atoms with E-state index in [-0.39, 0.29) is 6.61 Å². The lowest BCUT2D eigenvalue weighted by molar-refractivity contribution is -0.218. The highest BCUT2D eigenvalue weighted by Crippen LogP contribution is 2.24. The number of rotatable bonds is 5. The molecular formula is C16H27NO8. The van der Waals surface area contributed by atoms with Gasteiger partial charge in [-0.05, 0) is 32.6 Å². The van der Waals surface area contributed by atoms with Crippen LogP contribution < -0.4 is 0 Å². The molecule has 4 N–H and O–H groups in total. The molecular weight excluding hydrogens is 334 g/mol. The standard InChI is InChI=1S/C16H27NO8/c1-9-12(18)14(20)13(19)11(25-9)3-2-8-24-16(23)17-6-4-10(5-7-17)15(21)22/h9-14,18-20H,2-8H2,1H3,(H,21,22)/t9?,11-,12?,13?,14?/m0/s1. The van der Waals surface area contributed by atoms with Crippen LogP contribution in [0, 0.1) is 5.92 Å². The van der Waals surface area contributed by atoms with Crippen molar-refractivity contribution < 1.29 is 39.5 Å². The monoisotopic (exact) mass is 361 g/mol. The van der Waals surface area contributed by atoms with E-state index < -0.39 is 48.5 Å². The van der Waals surface area contributed by atoms with E-state index in [4.69, 9.17) is 14.6 Å². The summed E-state index contributed by atoms with van der Waals surface area (Å²) in [5, 5.41) is 38.2. The molecule has 0 aromatic heterocycles. The number of carbonyl (C=O) groups excluding carboxylic acids is 1. The Morgan fingerprint density at radius 2 is 1.76 bits per heavy atom. The third-order valence-electron chi connectivity index (χ3n) is 4.91. The van der Waals surface area contributed by atoms with Crippen molar-refractivity contribution in [3.63, 3.8) is 0 Å². The average Bonchev–Trinajstić information content (AvgIpc) is 2.60. The number of aliphatic carboxylic acids is 1. The van der Waals surface area contributed by atoms with Gasteiger partial charge in [-0.2, -0.15) is 0 Å². The van der Waals surface area contributed by atoms with Crippen molar-refractivity contribution in [1.82, 2.24) is 4.90 Å². The number of aliphatic hydroxyl groups excluding tert-OH is 3.